The normalized spacial score (nSPS) is 38.4. The Morgan fingerprint density at radius 3 is 1.68 bits per heavy atom. The molecule has 8 heteroatoms. The number of ether oxygens (including phenoxy) is 3. The number of anilines is 1. The molecule has 1 aromatic carbocycles. The van der Waals surface area contributed by atoms with E-state index in [0.717, 1.165) is 0 Å². The van der Waals surface area contributed by atoms with Gasteiger partial charge < -0.3 is 19.5 Å². The maximum absolute atomic E-state index is 13.2. The Hall–Kier alpha value is -2.90. The molecule has 5 rings (SSSR count). The van der Waals surface area contributed by atoms with Crippen LogP contribution in [0.2, 0.25) is 0 Å². The van der Waals surface area contributed by atoms with Crippen LogP contribution in [0.5, 0.6) is 5.75 Å². The van der Waals surface area contributed by atoms with Gasteiger partial charge in [0.2, 0.25) is 5.60 Å². The Morgan fingerprint density at radius 2 is 1.24 bits per heavy atom. The predicted octanol–water partition coefficient (Wildman–Crippen LogP) is 3.77. The summed E-state index contributed by atoms with van der Waals surface area (Å²) in [5, 5.41) is 2.85. The van der Waals surface area contributed by atoms with E-state index in [1.165, 1.54) is 0 Å². The van der Waals surface area contributed by atoms with Gasteiger partial charge in [0.25, 0.3) is 5.91 Å². The van der Waals surface area contributed by atoms with Crippen LogP contribution in [0.15, 0.2) is 24.3 Å². The van der Waals surface area contributed by atoms with Crippen molar-refractivity contribution in [1.82, 2.24) is 0 Å². The number of hydrogen-bond donors (Lipinski definition) is 1. The van der Waals surface area contributed by atoms with Gasteiger partial charge in [0, 0.05) is 16.5 Å². The molecule has 0 aromatic heterocycles. The van der Waals surface area contributed by atoms with Crippen LogP contribution < -0.4 is 10.1 Å². The lowest BCUT2D eigenvalue weighted by Gasteiger charge is -2.35. The molecule has 34 heavy (non-hydrogen) atoms. The predicted molar refractivity (Wildman–Crippen MR) is 121 cm³/mol. The molecule has 4 fully saturated rings. The first kappa shape index (κ1) is 22.9. The highest BCUT2D eigenvalue weighted by molar-refractivity contribution is 6.03. The molecule has 2 heterocycles. The van der Waals surface area contributed by atoms with Gasteiger partial charge in [0.05, 0.1) is 10.8 Å². The molecule has 0 spiro atoms. The van der Waals surface area contributed by atoms with Crippen LogP contribution in [-0.2, 0) is 28.7 Å². The molecule has 0 radical (unpaired) electrons. The second-order valence-electron chi connectivity index (χ2n) is 11.7. The number of carbonyl (C=O) groups excluding carboxylic acids is 4. The number of hydrogen-bond acceptors (Lipinski definition) is 7. The van der Waals surface area contributed by atoms with E-state index in [-0.39, 0.29) is 23.6 Å². The van der Waals surface area contributed by atoms with Crippen molar-refractivity contribution in [1.29, 1.82) is 0 Å². The van der Waals surface area contributed by atoms with Crippen LogP contribution in [0.25, 0.3) is 0 Å². The minimum atomic E-state index is -1.31. The number of benzene rings is 1. The van der Waals surface area contributed by atoms with Gasteiger partial charge >= 0.3 is 17.9 Å². The fraction of sp³-hybridized carbons (Fsp3) is 0.615. The molecule has 4 bridgehead atoms. The Balaban J connectivity index is 1.30. The summed E-state index contributed by atoms with van der Waals surface area (Å²) in [7, 11) is 0. The van der Waals surface area contributed by atoms with E-state index in [4.69, 9.17) is 14.2 Å². The van der Waals surface area contributed by atoms with E-state index in [1.54, 1.807) is 24.3 Å². The monoisotopic (exact) mass is 469 g/mol. The summed E-state index contributed by atoms with van der Waals surface area (Å²) in [4.78, 5) is 51.2. The summed E-state index contributed by atoms with van der Waals surface area (Å²) >= 11 is 0. The Kier molecular flexibility index (Phi) is 4.31. The lowest BCUT2D eigenvalue weighted by molar-refractivity contribution is -0.176. The summed E-state index contributed by atoms with van der Waals surface area (Å²) in [5.74, 6) is -1.37. The molecule has 1 aromatic rings. The zero-order valence-electron chi connectivity index (χ0n) is 20.5. The highest BCUT2D eigenvalue weighted by Gasteiger charge is 2.77. The second-order valence-corrected chi connectivity index (χ2v) is 11.7. The van der Waals surface area contributed by atoms with E-state index >= 15 is 0 Å². The fourth-order valence-electron chi connectivity index (χ4n) is 6.48. The largest absolute Gasteiger partial charge is 0.448 e. The summed E-state index contributed by atoms with van der Waals surface area (Å²) < 4.78 is 16.8. The molecule has 2 aliphatic carbocycles. The third-order valence-corrected chi connectivity index (χ3v) is 10.2. The smallest absolute Gasteiger partial charge is 0.356 e. The van der Waals surface area contributed by atoms with Gasteiger partial charge in [0.1, 0.15) is 5.75 Å². The highest BCUT2D eigenvalue weighted by atomic mass is 16.6. The quantitative estimate of drug-likeness (QED) is 0.528. The van der Waals surface area contributed by atoms with Gasteiger partial charge in [-0.25, -0.2) is 4.79 Å². The second kappa shape index (κ2) is 6.40. The summed E-state index contributed by atoms with van der Waals surface area (Å²) in [6.07, 6.45) is 2.06. The SMILES string of the molecule is CC1(C)[C@]2(C)CC[C@]1(C(=O)Nc1ccc(OC(=O)[C@@]34CC[C@](C)(C(=O)O3)C4(C)C)cc1)OC2=O. The van der Waals surface area contributed by atoms with Crippen molar-refractivity contribution in [2.45, 2.75) is 78.4 Å². The lowest BCUT2D eigenvalue weighted by atomic mass is 9.66. The molecule has 8 nitrogen and oxygen atoms in total. The summed E-state index contributed by atoms with van der Waals surface area (Å²) in [6.45, 7) is 11.2. The van der Waals surface area contributed by atoms with E-state index in [1.807, 2.05) is 41.5 Å². The molecule has 1 N–H and O–H groups in total. The molecule has 0 unspecified atom stereocenters. The average Bonchev–Trinajstić information content (AvgIpc) is 3.23. The van der Waals surface area contributed by atoms with Crippen LogP contribution in [0.1, 0.15) is 67.2 Å². The molecule has 182 valence electrons. The third kappa shape index (κ3) is 2.34. The highest BCUT2D eigenvalue weighted by Crippen LogP contribution is 2.66. The first-order valence-electron chi connectivity index (χ1n) is 11.8. The molecular formula is C26H31NO7. The molecule has 1 amide bonds. The molecule has 2 saturated carbocycles. The number of esters is 3. The number of rotatable bonds is 4. The first-order chi connectivity index (χ1) is 15.7. The molecular weight excluding hydrogens is 438 g/mol. The number of amides is 1. The number of carbonyl (C=O) groups is 4. The van der Waals surface area contributed by atoms with Crippen molar-refractivity contribution in [3.8, 4) is 5.75 Å². The Morgan fingerprint density at radius 1 is 0.765 bits per heavy atom. The van der Waals surface area contributed by atoms with Crippen molar-refractivity contribution < 1.29 is 33.4 Å². The van der Waals surface area contributed by atoms with E-state index < -0.39 is 38.8 Å². The van der Waals surface area contributed by atoms with Crippen molar-refractivity contribution in [2.75, 3.05) is 5.32 Å². The topological polar surface area (TPSA) is 108 Å². The van der Waals surface area contributed by atoms with Crippen molar-refractivity contribution >= 4 is 29.5 Å². The van der Waals surface area contributed by atoms with Gasteiger partial charge in [-0.1, -0.05) is 27.7 Å². The molecule has 2 aliphatic heterocycles. The number of nitrogens with one attached hydrogen (secondary N) is 1. The van der Waals surface area contributed by atoms with Gasteiger partial charge in [0.15, 0.2) is 5.60 Å². The minimum absolute atomic E-state index is 0.281. The van der Waals surface area contributed by atoms with Gasteiger partial charge in [-0.2, -0.15) is 0 Å². The molecule has 4 aliphatic rings. The van der Waals surface area contributed by atoms with E-state index in [2.05, 4.69) is 5.32 Å². The van der Waals surface area contributed by atoms with Crippen molar-refractivity contribution in [3.63, 3.8) is 0 Å². The Labute approximate surface area is 198 Å². The van der Waals surface area contributed by atoms with E-state index in [9.17, 15) is 19.2 Å². The van der Waals surface area contributed by atoms with Gasteiger partial charge in [-0.3, -0.25) is 14.4 Å². The maximum Gasteiger partial charge on any atom is 0.356 e. The fourth-order valence-corrected chi connectivity index (χ4v) is 6.48. The van der Waals surface area contributed by atoms with Crippen molar-refractivity contribution in [2.24, 2.45) is 21.7 Å². The minimum Gasteiger partial charge on any atom is -0.448 e. The van der Waals surface area contributed by atoms with Crippen molar-refractivity contribution in [3.05, 3.63) is 24.3 Å². The van der Waals surface area contributed by atoms with Crippen LogP contribution >= 0.6 is 0 Å². The zero-order chi connectivity index (χ0) is 24.9. The zero-order valence-corrected chi connectivity index (χ0v) is 20.5. The summed E-state index contributed by atoms with van der Waals surface area (Å²) in [6, 6.07) is 6.39. The first-order valence-corrected chi connectivity index (χ1v) is 11.8. The molecule has 4 atom stereocenters. The van der Waals surface area contributed by atoms with E-state index in [0.29, 0.717) is 31.4 Å². The number of fused-ring (bicyclic) bond motifs is 4. The van der Waals surface area contributed by atoms with Crippen LogP contribution in [-0.4, -0.2) is 35.0 Å². The van der Waals surface area contributed by atoms with Crippen LogP contribution in [0.3, 0.4) is 0 Å². The van der Waals surface area contributed by atoms with Crippen LogP contribution in [0, 0.1) is 21.7 Å². The standard InChI is InChI=1S/C26H31NO7/c1-21(2)23(5)11-13-25(21,33-18(23)29)17(28)27-15-7-9-16(10-8-15)32-20(31)26-14-12-24(6,19(30)34-26)22(26,3)4/h7-10H,11-14H2,1-6H3,(H,27,28)/t23-,24-,25-,26-/m1/s1. The average molecular weight is 470 g/mol. The van der Waals surface area contributed by atoms with Gasteiger partial charge in [-0.05, 0) is 63.8 Å². The summed E-state index contributed by atoms with van der Waals surface area (Å²) in [5.41, 5.74) is -4.76. The third-order valence-electron chi connectivity index (χ3n) is 10.2. The van der Waals surface area contributed by atoms with Crippen LogP contribution in [0.4, 0.5) is 5.69 Å². The van der Waals surface area contributed by atoms with Gasteiger partial charge in [-0.15, -0.1) is 0 Å². The Bertz CT molecular complexity index is 1050. The molecule has 2 saturated heterocycles. The lowest BCUT2D eigenvalue weighted by Crippen LogP contribution is -2.50. The maximum atomic E-state index is 13.2.